The summed E-state index contributed by atoms with van der Waals surface area (Å²) in [5, 5.41) is 3.70. The molecular weight excluding hydrogens is 216 g/mol. The lowest BCUT2D eigenvalue weighted by molar-refractivity contribution is 0.628. The van der Waals surface area contributed by atoms with Crippen LogP contribution in [0.25, 0.3) is 16.6 Å². The van der Waals surface area contributed by atoms with Crippen LogP contribution >= 0.6 is 0 Å². The number of rotatable bonds is 0. The van der Waals surface area contributed by atoms with Crippen molar-refractivity contribution >= 4 is 16.6 Å². The Morgan fingerprint density at radius 3 is 2.94 bits per heavy atom. The molecule has 0 fully saturated rings. The molecule has 2 aromatic heterocycles. The average Bonchev–Trinajstić information content (AvgIpc) is 2.63. The summed E-state index contributed by atoms with van der Waals surface area (Å²) in [5.41, 5.74) is -0.0762. The largest absolute Gasteiger partial charge is 0.319 e. The van der Waals surface area contributed by atoms with E-state index in [4.69, 9.17) is 0 Å². The van der Waals surface area contributed by atoms with E-state index in [-0.39, 0.29) is 5.52 Å². The number of halogens is 2. The van der Waals surface area contributed by atoms with E-state index in [0.717, 1.165) is 10.7 Å². The Morgan fingerprint density at radius 1 is 1.31 bits per heavy atom. The summed E-state index contributed by atoms with van der Waals surface area (Å²) >= 11 is 0. The Kier molecular flexibility index (Phi) is 1.62. The SMILES string of the molecule is O=c1[nH]c2ccc(F)cc2n2ncc(F)c12. The molecule has 0 unspecified atom stereocenters. The van der Waals surface area contributed by atoms with Crippen LogP contribution in [0.2, 0.25) is 0 Å². The highest BCUT2D eigenvalue weighted by Crippen LogP contribution is 2.14. The summed E-state index contributed by atoms with van der Waals surface area (Å²) in [6, 6.07) is 3.81. The molecule has 1 N–H and O–H groups in total. The summed E-state index contributed by atoms with van der Waals surface area (Å²) in [6.45, 7) is 0. The third-order valence-electron chi connectivity index (χ3n) is 2.38. The van der Waals surface area contributed by atoms with Crippen molar-refractivity contribution in [2.24, 2.45) is 0 Å². The van der Waals surface area contributed by atoms with E-state index in [1.165, 1.54) is 18.2 Å². The van der Waals surface area contributed by atoms with Gasteiger partial charge in [0.1, 0.15) is 5.82 Å². The van der Waals surface area contributed by atoms with Crippen LogP contribution in [0.15, 0.2) is 29.2 Å². The smallest absolute Gasteiger partial charge is 0.277 e. The highest BCUT2D eigenvalue weighted by molar-refractivity contribution is 5.77. The molecule has 1 aromatic carbocycles. The first-order valence-corrected chi connectivity index (χ1v) is 4.51. The van der Waals surface area contributed by atoms with Crippen LogP contribution in [-0.2, 0) is 0 Å². The molecule has 0 atom stereocenters. The summed E-state index contributed by atoms with van der Waals surface area (Å²) in [4.78, 5) is 14.0. The third-order valence-corrected chi connectivity index (χ3v) is 2.38. The van der Waals surface area contributed by atoms with Gasteiger partial charge in [-0.05, 0) is 12.1 Å². The van der Waals surface area contributed by atoms with Crippen LogP contribution < -0.4 is 5.56 Å². The normalized spacial score (nSPS) is 11.4. The van der Waals surface area contributed by atoms with Crippen LogP contribution in [-0.4, -0.2) is 14.6 Å². The zero-order valence-corrected chi connectivity index (χ0v) is 7.87. The monoisotopic (exact) mass is 221 g/mol. The number of hydrogen-bond acceptors (Lipinski definition) is 2. The molecule has 4 nitrogen and oxygen atoms in total. The lowest BCUT2D eigenvalue weighted by Crippen LogP contribution is -2.11. The Bertz CT molecular complexity index is 760. The van der Waals surface area contributed by atoms with Crippen LogP contribution in [0.3, 0.4) is 0 Å². The second-order valence-corrected chi connectivity index (χ2v) is 3.37. The minimum absolute atomic E-state index is 0.210. The first kappa shape index (κ1) is 9.02. The fourth-order valence-electron chi connectivity index (χ4n) is 1.68. The van der Waals surface area contributed by atoms with Crippen molar-refractivity contribution in [3.05, 3.63) is 46.4 Å². The standard InChI is InChI=1S/C10H5F2N3O/c11-5-1-2-7-8(3-5)15-9(10(16)14-7)6(12)4-13-15/h1-4H,(H,14,16). The molecule has 0 aliphatic carbocycles. The molecule has 3 rings (SSSR count). The van der Waals surface area contributed by atoms with Gasteiger partial charge in [0.05, 0.1) is 17.2 Å². The molecule has 16 heavy (non-hydrogen) atoms. The molecule has 3 aromatic rings. The average molecular weight is 221 g/mol. The zero-order chi connectivity index (χ0) is 11.3. The lowest BCUT2D eigenvalue weighted by Gasteiger charge is -2.00. The first-order valence-electron chi connectivity index (χ1n) is 4.51. The zero-order valence-electron chi connectivity index (χ0n) is 7.87. The van der Waals surface area contributed by atoms with Crippen molar-refractivity contribution in [1.29, 1.82) is 0 Å². The Hall–Kier alpha value is -2.24. The van der Waals surface area contributed by atoms with E-state index in [2.05, 4.69) is 10.1 Å². The number of aromatic amines is 1. The van der Waals surface area contributed by atoms with Gasteiger partial charge in [-0.15, -0.1) is 0 Å². The summed E-state index contributed by atoms with van der Waals surface area (Å²) in [7, 11) is 0. The number of nitrogens with one attached hydrogen (secondary N) is 1. The van der Waals surface area contributed by atoms with Crippen molar-refractivity contribution < 1.29 is 8.78 Å². The molecule has 0 aliphatic rings. The van der Waals surface area contributed by atoms with Gasteiger partial charge in [-0.1, -0.05) is 0 Å². The third kappa shape index (κ3) is 1.06. The van der Waals surface area contributed by atoms with Gasteiger partial charge in [0.2, 0.25) is 0 Å². The molecule has 80 valence electrons. The van der Waals surface area contributed by atoms with Gasteiger partial charge in [0, 0.05) is 6.07 Å². The maximum Gasteiger partial charge on any atom is 0.277 e. The molecule has 0 saturated carbocycles. The molecular formula is C10H5F2N3O. The highest BCUT2D eigenvalue weighted by Gasteiger charge is 2.11. The Morgan fingerprint density at radius 2 is 2.12 bits per heavy atom. The topological polar surface area (TPSA) is 50.2 Å². The molecule has 0 bridgehead atoms. The Balaban J connectivity index is 2.67. The minimum atomic E-state index is -0.729. The van der Waals surface area contributed by atoms with Gasteiger partial charge in [-0.25, -0.2) is 13.3 Å². The number of benzene rings is 1. The van der Waals surface area contributed by atoms with E-state index in [0.29, 0.717) is 11.0 Å². The molecule has 0 aliphatic heterocycles. The maximum absolute atomic E-state index is 13.2. The predicted molar refractivity (Wildman–Crippen MR) is 53.2 cm³/mol. The van der Waals surface area contributed by atoms with Gasteiger partial charge in [-0.2, -0.15) is 5.10 Å². The molecule has 0 saturated heterocycles. The van der Waals surface area contributed by atoms with Crippen LogP contribution in [0.4, 0.5) is 8.78 Å². The van der Waals surface area contributed by atoms with Crippen LogP contribution in [0.1, 0.15) is 0 Å². The summed E-state index contributed by atoms with van der Waals surface area (Å²) in [5.74, 6) is -1.20. The van der Waals surface area contributed by atoms with E-state index in [9.17, 15) is 13.6 Å². The predicted octanol–water partition coefficient (Wildman–Crippen LogP) is 1.45. The molecule has 0 spiro atoms. The van der Waals surface area contributed by atoms with Crippen molar-refractivity contribution in [2.45, 2.75) is 0 Å². The molecule has 0 radical (unpaired) electrons. The minimum Gasteiger partial charge on any atom is -0.319 e. The second-order valence-electron chi connectivity index (χ2n) is 3.37. The van der Waals surface area contributed by atoms with Crippen molar-refractivity contribution in [2.75, 3.05) is 0 Å². The maximum atomic E-state index is 13.2. The summed E-state index contributed by atoms with van der Waals surface area (Å²) < 4.78 is 27.4. The fraction of sp³-hybridized carbons (Fsp3) is 0. The number of fused-ring (bicyclic) bond motifs is 3. The quantitative estimate of drug-likeness (QED) is 0.624. The molecule has 0 amide bonds. The lowest BCUT2D eigenvalue weighted by atomic mass is 10.3. The number of nitrogens with zero attached hydrogens (tertiary/aromatic N) is 2. The van der Waals surface area contributed by atoms with E-state index in [1.807, 2.05) is 0 Å². The van der Waals surface area contributed by atoms with E-state index < -0.39 is 17.2 Å². The van der Waals surface area contributed by atoms with Crippen molar-refractivity contribution in [1.82, 2.24) is 14.6 Å². The van der Waals surface area contributed by atoms with Crippen molar-refractivity contribution in [3.8, 4) is 0 Å². The molecule has 2 heterocycles. The van der Waals surface area contributed by atoms with E-state index >= 15 is 0 Å². The number of aromatic nitrogens is 3. The summed E-state index contributed by atoms with van der Waals surface area (Å²) in [6.07, 6.45) is 0.926. The van der Waals surface area contributed by atoms with Crippen molar-refractivity contribution in [3.63, 3.8) is 0 Å². The highest BCUT2D eigenvalue weighted by atomic mass is 19.1. The van der Waals surface area contributed by atoms with Gasteiger partial charge < -0.3 is 4.98 Å². The second kappa shape index (κ2) is 2.88. The van der Waals surface area contributed by atoms with Crippen LogP contribution in [0.5, 0.6) is 0 Å². The fourth-order valence-corrected chi connectivity index (χ4v) is 1.68. The van der Waals surface area contributed by atoms with Gasteiger partial charge in [0.15, 0.2) is 11.3 Å². The van der Waals surface area contributed by atoms with Gasteiger partial charge in [0.25, 0.3) is 5.56 Å². The first-order chi connectivity index (χ1) is 7.66. The number of H-pyrrole nitrogens is 1. The van der Waals surface area contributed by atoms with Gasteiger partial charge >= 0.3 is 0 Å². The molecule has 6 heteroatoms. The Labute approximate surface area is 87.1 Å². The van der Waals surface area contributed by atoms with E-state index in [1.54, 1.807) is 0 Å². The number of hydrogen-bond donors (Lipinski definition) is 1. The van der Waals surface area contributed by atoms with Gasteiger partial charge in [-0.3, -0.25) is 4.79 Å². The van der Waals surface area contributed by atoms with Crippen LogP contribution in [0, 0.1) is 11.6 Å².